The van der Waals surface area contributed by atoms with Gasteiger partial charge in [-0.2, -0.15) is 0 Å². The van der Waals surface area contributed by atoms with E-state index in [9.17, 15) is 4.79 Å². The van der Waals surface area contributed by atoms with Crippen LogP contribution in [-0.4, -0.2) is 10.9 Å². The number of para-hydroxylation sites is 1. The van der Waals surface area contributed by atoms with Crippen LogP contribution in [0.15, 0.2) is 71.3 Å². The number of carbonyl (C=O) groups excluding carboxylic acids is 1. The number of benzene rings is 2. The van der Waals surface area contributed by atoms with Crippen molar-refractivity contribution in [2.75, 3.05) is 10.6 Å². The van der Waals surface area contributed by atoms with E-state index in [1.807, 2.05) is 24.3 Å². The minimum absolute atomic E-state index is 0.173. The molecule has 0 fully saturated rings. The Morgan fingerprint density at radius 2 is 1.84 bits per heavy atom. The zero-order chi connectivity index (χ0) is 17.6. The number of aryl methyl sites for hydroxylation is 1. The fraction of sp³-hybridized carbons (Fsp3) is 0.100. The van der Waals surface area contributed by atoms with Crippen LogP contribution in [0.3, 0.4) is 0 Å². The van der Waals surface area contributed by atoms with Crippen LogP contribution in [0, 0.1) is 6.92 Å². The number of nitrogens with zero attached hydrogens (tertiary/aromatic N) is 1. The molecule has 3 aromatic rings. The number of hydrogen-bond acceptors (Lipinski definition) is 3. The highest BCUT2D eigenvalue weighted by atomic mass is 79.9. The van der Waals surface area contributed by atoms with Gasteiger partial charge in [-0.05, 0) is 52.7 Å². The van der Waals surface area contributed by atoms with Crippen molar-refractivity contribution in [3.8, 4) is 0 Å². The number of pyridine rings is 1. The lowest BCUT2D eigenvalue weighted by atomic mass is 10.1. The highest BCUT2D eigenvalue weighted by Gasteiger charge is 2.09. The summed E-state index contributed by atoms with van der Waals surface area (Å²) in [5, 5.41) is 6.14. The van der Waals surface area contributed by atoms with Gasteiger partial charge in [-0.3, -0.25) is 4.79 Å². The second-order valence-corrected chi connectivity index (χ2v) is 6.56. The van der Waals surface area contributed by atoms with E-state index in [1.165, 1.54) is 5.56 Å². The molecule has 0 atom stereocenters. The molecule has 126 valence electrons. The van der Waals surface area contributed by atoms with Crippen LogP contribution in [0.25, 0.3) is 0 Å². The SMILES string of the molecule is Cc1ccc(CNc2cc(C(=O)Nc3ccccc3Br)ccn2)cc1. The maximum atomic E-state index is 12.4. The summed E-state index contributed by atoms with van der Waals surface area (Å²) in [6, 6.07) is 19.3. The van der Waals surface area contributed by atoms with Gasteiger partial charge in [0.1, 0.15) is 5.82 Å². The highest BCUT2D eigenvalue weighted by molar-refractivity contribution is 9.10. The third-order valence-corrected chi connectivity index (χ3v) is 4.43. The predicted molar refractivity (Wildman–Crippen MR) is 105 cm³/mol. The summed E-state index contributed by atoms with van der Waals surface area (Å²) >= 11 is 3.43. The number of carbonyl (C=O) groups is 1. The Balaban J connectivity index is 1.67. The first-order chi connectivity index (χ1) is 12.1. The van der Waals surface area contributed by atoms with Gasteiger partial charge in [-0.1, -0.05) is 42.0 Å². The predicted octanol–water partition coefficient (Wildman–Crippen LogP) is 5.02. The summed E-state index contributed by atoms with van der Waals surface area (Å²) in [4.78, 5) is 16.7. The van der Waals surface area contributed by atoms with E-state index < -0.39 is 0 Å². The molecule has 0 aliphatic carbocycles. The van der Waals surface area contributed by atoms with E-state index in [-0.39, 0.29) is 5.91 Å². The summed E-state index contributed by atoms with van der Waals surface area (Å²) in [5.74, 6) is 0.494. The molecule has 2 aromatic carbocycles. The second kappa shape index (κ2) is 7.94. The molecule has 2 N–H and O–H groups in total. The van der Waals surface area contributed by atoms with Crippen molar-refractivity contribution >= 4 is 33.3 Å². The minimum atomic E-state index is -0.173. The summed E-state index contributed by atoms with van der Waals surface area (Å²) in [6.07, 6.45) is 1.63. The monoisotopic (exact) mass is 395 g/mol. The fourth-order valence-corrected chi connectivity index (χ4v) is 2.71. The maximum Gasteiger partial charge on any atom is 0.255 e. The molecular weight excluding hydrogens is 378 g/mol. The number of halogens is 1. The third-order valence-electron chi connectivity index (χ3n) is 3.74. The largest absolute Gasteiger partial charge is 0.366 e. The van der Waals surface area contributed by atoms with Gasteiger partial charge in [0.15, 0.2) is 0 Å². The molecular formula is C20H18BrN3O. The van der Waals surface area contributed by atoms with E-state index in [0.29, 0.717) is 17.9 Å². The molecule has 0 saturated heterocycles. The van der Waals surface area contributed by atoms with Crippen LogP contribution in [0.1, 0.15) is 21.5 Å². The second-order valence-electron chi connectivity index (χ2n) is 5.70. The van der Waals surface area contributed by atoms with Crippen molar-refractivity contribution < 1.29 is 4.79 Å². The molecule has 0 bridgehead atoms. The molecule has 4 nitrogen and oxygen atoms in total. The smallest absolute Gasteiger partial charge is 0.255 e. The first kappa shape index (κ1) is 17.2. The van der Waals surface area contributed by atoms with Crippen LogP contribution in [-0.2, 0) is 6.54 Å². The van der Waals surface area contributed by atoms with E-state index >= 15 is 0 Å². The van der Waals surface area contributed by atoms with Gasteiger partial charge in [0.2, 0.25) is 0 Å². The Labute approximate surface area is 155 Å². The molecule has 0 aliphatic heterocycles. The summed E-state index contributed by atoms with van der Waals surface area (Å²) < 4.78 is 0.843. The van der Waals surface area contributed by atoms with Gasteiger partial charge < -0.3 is 10.6 Å². The molecule has 1 amide bonds. The van der Waals surface area contributed by atoms with E-state index in [2.05, 4.69) is 62.7 Å². The lowest BCUT2D eigenvalue weighted by Gasteiger charge is -2.09. The molecule has 0 unspecified atom stereocenters. The molecule has 1 aromatic heterocycles. The highest BCUT2D eigenvalue weighted by Crippen LogP contribution is 2.22. The van der Waals surface area contributed by atoms with Crippen molar-refractivity contribution in [2.45, 2.75) is 13.5 Å². The van der Waals surface area contributed by atoms with Crippen molar-refractivity contribution in [2.24, 2.45) is 0 Å². The summed E-state index contributed by atoms with van der Waals surface area (Å²) in [5.41, 5.74) is 3.68. The lowest BCUT2D eigenvalue weighted by molar-refractivity contribution is 0.102. The van der Waals surface area contributed by atoms with Crippen LogP contribution in [0.5, 0.6) is 0 Å². The number of hydrogen-bond donors (Lipinski definition) is 2. The van der Waals surface area contributed by atoms with Gasteiger partial charge >= 0.3 is 0 Å². The Morgan fingerprint density at radius 3 is 2.60 bits per heavy atom. The number of amides is 1. The van der Waals surface area contributed by atoms with Crippen molar-refractivity contribution in [3.63, 3.8) is 0 Å². The lowest BCUT2D eigenvalue weighted by Crippen LogP contribution is -2.13. The quantitative estimate of drug-likeness (QED) is 0.637. The number of rotatable bonds is 5. The number of nitrogens with one attached hydrogen (secondary N) is 2. The number of aromatic nitrogens is 1. The fourth-order valence-electron chi connectivity index (χ4n) is 2.32. The molecule has 0 spiro atoms. The average molecular weight is 396 g/mol. The van der Waals surface area contributed by atoms with Gasteiger partial charge in [-0.15, -0.1) is 0 Å². The Kier molecular flexibility index (Phi) is 5.46. The van der Waals surface area contributed by atoms with E-state index in [0.717, 1.165) is 15.7 Å². The summed E-state index contributed by atoms with van der Waals surface area (Å²) in [6.45, 7) is 2.72. The normalized spacial score (nSPS) is 10.3. The summed E-state index contributed by atoms with van der Waals surface area (Å²) in [7, 11) is 0. The van der Waals surface area contributed by atoms with Crippen molar-refractivity contribution in [1.82, 2.24) is 4.98 Å². The van der Waals surface area contributed by atoms with Crippen LogP contribution in [0.2, 0.25) is 0 Å². The zero-order valence-electron chi connectivity index (χ0n) is 13.8. The Bertz CT molecular complexity index is 878. The first-order valence-corrected chi connectivity index (χ1v) is 8.72. The molecule has 5 heteroatoms. The van der Waals surface area contributed by atoms with Gasteiger partial charge in [-0.25, -0.2) is 4.98 Å². The first-order valence-electron chi connectivity index (χ1n) is 7.93. The van der Waals surface area contributed by atoms with Crippen molar-refractivity contribution in [3.05, 3.63) is 88.0 Å². The van der Waals surface area contributed by atoms with Gasteiger partial charge in [0, 0.05) is 22.8 Å². The van der Waals surface area contributed by atoms with Gasteiger partial charge in [0.05, 0.1) is 5.69 Å². The number of anilines is 2. The molecule has 0 aliphatic rings. The molecule has 25 heavy (non-hydrogen) atoms. The van der Waals surface area contributed by atoms with Crippen LogP contribution < -0.4 is 10.6 Å². The van der Waals surface area contributed by atoms with Gasteiger partial charge in [0.25, 0.3) is 5.91 Å². The van der Waals surface area contributed by atoms with Crippen LogP contribution in [0.4, 0.5) is 11.5 Å². The standard InChI is InChI=1S/C20H18BrN3O/c1-14-6-8-15(9-7-14)13-23-19-12-16(10-11-22-19)20(25)24-18-5-3-2-4-17(18)21/h2-12H,13H2,1H3,(H,22,23)(H,24,25). The molecule has 1 heterocycles. The Hall–Kier alpha value is -2.66. The molecule has 0 saturated carbocycles. The Morgan fingerprint density at radius 1 is 1.08 bits per heavy atom. The van der Waals surface area contributed by atoms with Crippen LogP contribution >= 0.6 is 15.9 Å². The van der Waals surface area contributed by atoms with E-state index in [4.69, 9.17) is 0 Å². The zero-order valence-corrected chi connectivity index (χ0v) is 15.4. The average Bonchev–Trinajstić information content (AvgIpc) is 2.63. The maximum absolute atomic E-state index is 12.4. The topological polar surface area (TPSA) is 54.0 Å². The minimum Gasteiger partial charge on any atom is -0.366 e. The molecule has 3 rings (SSSR count). The van der Waals surface area contributed by atoms with Crippen molar-refractivity contribution in [1.29, 1.82) is 0 Å². The third kappa shape index (κ3) is 4.67. The molecule has 0 radical (unpaired) electrons. The van der Waals surface area contributed by atoms with E-state index in [1.54, 1.807) is 18.3 Å².